The van der Waals surface area contributed by atoms with Gasteiger partial charge in [-0.3, -0.25) is 14.4 Å². The van der Waals surface area contributed by atoms with E-state index in [1.165, 1.54) is 0 Å². The van der Waals surface area contributed by atoms with Crippen molar-refractivity contribution in [3.8, 4) is 11.5 Å². The molecule has 1 saturated carbocycles. The molecular weight excluding hydrogens is 488 g/mol. The molecule has 3 amide bonds. The van der Waals surface area contributed by atoms with Crippen molar-refractivity contribution >= 4 is 17.7 Å². The number of hydrogen-bond acceptors (Lipinski definition) is 7. The Morgan fingerprint density at radius 2 is 1.89 bits per heavy atom. The average Bonchev–Trinajstić information content (AvgIpc) is 3.73. The van der Waals surface area contributed by atoms with E-state index < -0.39 is 5.41 Å². The number of hydrogen-bond donors (Lipinski definition) is 4. The molecule has 1 aliphatic carbocycles. The quantitative estimate of drug-likeness (QED) is 0.457. The molecule has 10 heteroatoms. The highest BCUT2D eigenvalue weighted by atomic mass is 16.5. The summed E-state index contributed by atoms with van der Waals surface area (Å²) in [5.74, 6) is 1.14. The predicted molar refractivity (Wildman–Crippen MR) is 142 cm³/mol. The van der Waals surface area contributed by atoms with Gasteiger partial charge in [0.25, 0.3) is 5.91 Å². The third-order valence-corrected chi connectivity index (χ3v) is 7.72. The molecule has 4 N–H and O–H groups in total. The van der Waals surface area contributed by atoms with Crippen LogP contribution in [0, 0.1) is 11.3 Å². The topological polar surface area (TPSA) is 129 Å². The number of amides is 3. The minimum Gasteiger partial charge on any atom is -0.493 e. The highest BCUT2D eigenvalue weighted by Crippen LogP contribution is 2.44. The number of fused-ring (bicyclic) bond motifs is 2. The molecule has 210 valence electrons. The zero-order valence-corrected chi connectivity index (χ0v) is 22.4. The first-order valence-electron chi connectivity index (χ1n) is 13.9. The standard InChI is InChI=1S/C28H42N4O6/c1-37-23-7-6-21-15-24(23)38-18-26(35)30-12-11-29-10-2-3-25(34)31-19-28(17-21,16-20-4-5-20)27(36)32-13-8-22(33)9-14-32/h6-7,15,20,22,29,33H,2-5,8-14,16-19H2,1H3,(H,30,35)(H,31,34). The van der Waals surface area contributed by atoms with Crippen LogP contribution >= 0.6 is 0 Å². The van der Waals surface area contributed by atoms with Crippen LogP contribution in [0.1, 0.15) is 50.5 Å². The van der Waals surface area contributed by atoms with Gasteiger partial charge >= 0.3 is 0 Å². The first-order valence-corrected chi connectivity index (χ1v) is 13.9. The summed E-state index contributed by atoms with van der Waals surface area (Å²) in [6, 6.07) is 5.56. The SMILES string of the molecule is COc1ccc2cc1OCC(=O)NCCNCCCC(=O)NCC(CC1CC1)(C(=O)N1CCC(O)CC1)C2. The number of piperidine rings is 1. The van der Waals surface area contributed by atoms with Crippen molar-refractivity contribution in [2.75, 3.05) is 53.0 Å². The molecule has 4 rings (SSSR count). The number of rotatable bonds is 4. The second-order valence-corrected chi connectivity index (χ2v) is 10.9. The number of nitrogens with one attached hydrogen (secondary N) is 3. The summed E-state index contributed by atoms with van der Waals surface area (Å²) in [6.07, 6.45) is 5.06. The maximum Gasteiger partial charge on any atom is 0.257 e. The first kappa shape index (κ1) is 28.2. The van der Waals surface area contributed by atoms with Gasteiger partial charge in [0.1, 0.15) is 0 Å². The van der Waals surface area contributed by atoms with E-state index in [2.05, 4.69) is 16.0 Å². The maximum absolute atomic E-state index is 14.2. The van der Waals surface area contributed by atoms with Crippen LogP contribution < -0.4 is 25.4 Å². The van der Waals surface area contributed by atoms with Crippen LogP contribution in [-0.4, -0.2) is 86.8 Å². The van der Waals surface area contributed by atoms with Gasteiger partial charge in [0.2, 0.25) is 11.8 Å². The van der Waals surface area contributed by atoms with Crippen molar-refractivity contribution in [2.24, 2.45) is 11.3 Å². The average molecular weight is 531 g/mol. The van der Waals surface area contributed by atoms with Gasteiger partial charge in [0.05, 0.1) is 18.6 Å². The smallest absolute Gasteiger partial charge is 0.257 e. The lowest BCUT2D eigenvalue weighted by Crippen LogP contribution is -2.53. The van der Waals surface area contributed by atoms with Gasteiger partial charge in [-0.15, -0.1) is 0 Å². The number of methoxy groups -OCH3 is 1. The number of aliphatic hydroxyl groups excluding tert-OH is 1. The van der Waals surface area contributed by atoms with E-state index in [4.69, 9.17) is 9.47 Å². The van der Waals surface area contributed by atoms with Gasteiger partial charge in [-0.05, 0) is 62.3 Å². The highest BCUT2D eigenvalue weighted by molar-refractivity contribution is 5.85. The lowest BCUT2D eigenvalue weighted by molar-refractivity contribution is -0.145. The second-order valence-electron chi connectivity index (χ2n) is 10.9. The van der Waals surface area contributed by atoms with Gasteiger partial charge in [-0.25, -0.2) is 0 Å². The molecule has 3 aliphatic rings. The Bertz CT molecular complexity index is 976. The Balaban J connectivity index is 1.65. The minimum atomic E-state index is -0.813. The number of ether oxygens (including phenoxy) is 2. The highest BCUT2D eigenvalue weighted by Gasteiger charge is 2.46. The zero-order chi connectivity index (χ0) is 27.0. The molecule has 2 aliphatic heterocycles. The second kappa shape index (κ2) is 13.3. The molecule has 1 unspecified atom stereocenters. The zero-order valence-electron chi connectivity index (χ0n) is 22.4. The fraction of sp³-hybridized carbons (Fsp3) is 0.679. The maximum atomic E-state index is 14.2. The molecule has 1 atom stereocenters. The van der Waals surface area contributed by atoms with Crippen molar-refractivity contribution in [1.82, 2.24) is 20.9 Å². The summed E-state index contributed by atoms with van der Waals surface area (Å²) in [4.78, 5) is 41.2. The molecular formula is C28H42N4O6. The summed E-state index contributed by atoms with van der Waals surface area (Å²) in [5, 5.41) is 19.2. The molecule has 38 heavy (non-hydrogen) atoms. The van der Waals surface area contributed by atoms with E-state index in [0.29, 0.717) is 88.7 Å². The van der Waals surface area contributed by atoms with Crippen molar-refractivity contribution < 1.29 is 29.0 Å². The fourth-order valence-electron chi connectivity index (χ4n) is 5.40. The van der Waals surface area contributed by atoms with Crippen molar-refractivity contribution in [3.05, 3.63) is 23.8 Å². The Hall–Kier alpha value is -2.85. The van der Waals surface area contributed by atoms with Crippen LogP contribution in [0.4, 0.5) is 0 Å². The molecule has 1 aromatic rings. The summed E-state index contributed by atoms with van der Waals surface area (Å²) in [7, 11) is 1.55. The van der Waals surface area contributed by atoms with Crippen LogP contribution in [0.2, 0.25) is 0 Å². The van der Waals surface area contributed by atoms with Gasteiger partial charge in [-0.2, -0.15) is 0 Å². The van der Waals surface area contributed by atoms with Crippen molar-refractivity contribution in [1.29, 1.82) is 0 Å². The third-order valence-electron chi connectivity index (χ3n) is 7.72. The van der Waals surface area contributed by atoms with E-state index in [0.717, 1.165) is 18.4 Å². The number of benzene rings is 1. The number of carbonyl (C=O) groups is 3. The summed E-state index contributed by atoms with van der Waals surface area (Å²) in [6.45, 7) is 2.86. The van der Waals surface area contributed by atoms with E-state index in [-0.39, 0.29) is 37.0 Å². The number of aliphatic hydroxyl groups is 1. The Morgan fingerprint density at radius 3 is 2.63 bits per heavy atom. The third kappa shape index (κ3) is 7.83. The van der Waals surface area contributed by atoms with Crippen LogP contribution in [0.5, 0.6) is 11.5 Å². The summed E-state index contributed by atoms with van der Waals surface area (Å²) >= 11 is 0. The minimum absolute atomic E-state index is 0.0327. The van der Waals surface area contributed by atoms with Crippen LogP contribution in [0.15, 0.2) is 18.2 Å². The monoisotopic (exact) mass is 530 g/mol. The van der Waals surface area contributed by atoms with Crippen molar-refractivity contribution in [2.45, 2.75) is 57.5 Å². The van der Waals surface area contributed by atoms with E-state index in [1.54, 1.807) is 13.2 Å². The molecule has 1 saturated heterocycles. The molecule has 10 nitrogen and oxygen atoms in total. The van der Waals surface area contributed by atoms with E-state index in [9.17, 15) is 19.5 Å². The van der Waals surface area contributed by atoms with E-state index >= 15 is 0 Å². The van der Waals surface area contributed by atoms with Crippen LogP contribution in [0.25, 0.3) is 0 Å². The van der Waals surface area contributed by atoms with Crippen molar-refractivity contribution in [3.63, 3.8) is 0 Å². The molecule has 0 spiro atoms. The number of likely N-dealkylation sites (tertiary alicyclic amines) is 1. The summed E-state index contributed by atoms with van der Waals surface area (Å²) < 4.78 is 11.3. The van der Waals surface area contributed by atoms with Gasteiger partial charge in [0.15, 0.2) is 18.1 Å². The lowest BCUT2D eigenvalue weighted by Gasteiger charge is -2.40. The molecule has 0 radical (unpaired) electrons. The number of nitrogens with zero attached hydrogens (tertiary/aromatic N) is 1. The lowest BCUT2D eigenvalue weighted by atomic mass is 9.75. The van der Waals surface area contributed by atoms with Gasteiger partial charge in [-0.1, -0.05) is 18.9 Å². The molecule has 1 aromatic carbocycles. The fourth-order valence-corrected chi connectivity index (χ4v) is 5.40. The first-order chi connectivity index (χ1) is 18.4. The van der Waals surface area contributed by atoms with Crippen LogP contribution in [-0.2, 0) is 20.8 Å². The predicted octanol–water partition coefficient (Wildman–Crippen LogP) is 1.00. The molecule has 2 bridgehead atoms. The molecule has 0 aromatic heterocycles. The number of carbonyl (C=O) groups excluding carboxylic acids is 3. The van der Waals surface area contributed by atoms with Gasteiger partial charge < -0.3 is 35.4 Å². The van der Waals surface area contributed by atoms with Gasteiger partial charge in [0, 0.05) is 39.1 Å². The molecule has 2 heterocycles. The Kier molecular flexibility index (Phi) is 9.85. The Morgan fingerprint density at radius 1 is 1.11 bits per heavy atom. The van der Waals surface area contributed by atoms with E-state index in [1.807, 2.05) is 17.0 Å². The normalized spacial score (nSPS) is 24.8. The molecule has 2 fully saturated rings. The van der Waals surface area contributed by atoms with Crippen LogP contribution in [0.3, 0.4) is 0 Å². The largest absolute Gasteiger partial charge is 0.493 e. The Labute approximate surface area is 224 Å². The summed E-state index contributed by atoms with van der Waals surface area (Å²) in [5.41, 5.74) is 0.0679.